The van der Waals surface area contributed by atoms with Gasteiger partial charge in [0.1, 0.15) is 0 Å². The minimum Gasteiger partial charge on any atom is -0.398 e. The molecule has 3 rings (SSSR count). The van der Waals surface area contributed by atoms with Crippen LogP contribution in [0.4, 0.5) is 5.69 Å². The lowest BCUT2D eigenvalue weighted by molar-refractivity contribution is 1.09. The lowest BCUT2D eigenvalue weighted by Gasteiger charge is -2.05. The Labute approximate surface area is 97.7 Å². The Hall–Kier alpha value is -2.56. The van der Waals surface area contributed by atoms with Gasteiger partial charge >= 0.3 is 0 Å². The molecule has 0 radical (unpaired) electrons. The fourth-order valence-corrected chi connectivity index (χ4v) is 1.81. The van der Waals surface area contributed by atoms with Crippen LogP contribution in [0, 0.1) is 0 Å². The summed E-state index contributed by atoms with van der Waals surface area (Å²) in [6.45, 7) is 0. The molecule has 2 aromatic heterocycles. The van der Waals surface area contributed by atoms with E-state index in [2.05, 4.69) is 20.4 Å². The fraction of sp³-hybridized carbons (Fsp3) is 0. The van der Waals surface area contributed by atoms with Gasteiger partial charge in [-0.25, -0.2) is 0 Å². The number of nitrogens with zero attached hydrogens (tertiary/aromatic N) is 2. The van der Waals surface area contributed by atoms with Crippen LogP contribution < -0.4 is 5.73 Å². The molecular weight excluding hydrogens is 214 g/mol. The molecule has 5 nitrogen and oxygen atoms in total. The summed E-state index contributed by atoms with van der Waals surface area (Å²) in [4.78, 5) is 0. The van der Waals surface area contributed by atoms with Gasteiger partial charge in [0.15, 0.2) is 0 Å². The van der Waals surface area contributed by atoms with Gasteiger partial charge in [-0.05, 0) is 11.6 Å². The molecule has 0 aliphatic heterocycles. The van der Waals surface area contributed by atoms with E-state index in [1.165, 1.54) is 0 Å². The summed E-state index contributed by atoms with van der Waals surface area (Å²) in [6, 6.07) is 5.94. The van der Waals surface area contributed by atoms with E-state index in [1.54, 1.807) is 12.4 Å². The van der Waals surface area contributed by atoms with E-state index < -0.39 is 0 Å². The smallest absolute Gasteiger partial charge is 0.0566 e. The van der Waals surface area contributed by atoms with E-state index in [1.807, 2.05) is 30.6 Å². The first-order chi connectivity index (χ1) is 8.34. The summed E-state index contributed by atoms with van der Waals surface area (Å²) in [6.07, 6.45) is 7.19. The predicted molar refractivity (Wildman–Crippen MR) is 66.0 cm³/mol. The van der Waals surface area contributed by atoms with Crippen LogP contribution >= 0.6 is 0 Å². The number of aromatic amines is 2. The molecule has 0 spiro atoms. The number of rotatable bonds is 2. The van der Waals surface area contributed by atoms with Crippen molar-refractivity contribution < 1.29 is 0 Å². The molecule has 0 saturated heterocycles. The Bertz CT molecular complexity index is 610. The summed E-state index contributed by atoms with van der Waals surface area (Å²) in [5, 5.41) is 13.4. The zero-order valence-electron chi connectivity index (χ0n) is 9.01. The largest absolute Gasteiger partial charge is 0.398 e. The highest BCUT2D eigenvalue weighted by Gasteiger charge is 2.06. The van der Waals surface area contributed by atoms with Crippen molar-refractivity contribution in [2.45, 2.75) is 0 Å². The van der Waals surface area contributed by atoms with Gasteiger partial charge in [-0.1, -0.05) is 12.1 Å². The number of hydrogen-bond donors (Lipinski definition) is 3. The Morgan fingerprint density at radius 2 is 1.59 bits per heavy atom. The topological polar surface area (TPSA) is 83.4 Å². The number of anilines is 1. The van der Waals surface area contributed by atoms with Gasteiger partial charge in [-0.2, -0.15) is 10.2 Å². The zero-order valence-corrected chi connectivity index (χ0v) is 9.01. The van der Waals surface area contributed by atoms with Gasteiger partial charge in [0.05, 0.1) is 12.4 Å². The van der Waals surface area contributed by atoms with Crippen LogP contribution in [0.1, 0.15) is 0 Å². The minimum atomic E-state index is 0.727. The molecule has 0 fully saturated rings. The van der Waals surface area contributed by atoms with Crippen molar-refractivity contribution in [1.82, 2.24) is 20.4 Å². The summed E-state index contributed by atoms with van der Waals surface area (Å²) in [5.41, 5.74) is 10.8. The van der Waals surface area contributed by atoms with Crippen LogP contribution in [0.3, 0.4) is 0 Å². The van der Waals surface area contributed by atoms with E-state index in [0.717, 1.165) is 27.9 Å². The zero-order chi connectivity index (χ0) is 11.7. The quantitative estimate of drug-likeness (QED) is 0.583. The molecule has 5 heteroatoms. The van der Waals surface area contributed by atoms with Crippen molar-refractivity contribution in [3.05, 3.63) is 43.0 Å². The van der Waals surface area contributed by atoms with Crippen molar-refractivity contribution in [3.63, 3.8) is 0 Å². The van der Waals surface area contributed by atoms with Gasteiger partial charge < -0.3 is 5.73 Å². The SMILES string of the molecule is Nc1cc(-c2cn[nH]c2)ccc1-c1cn[nH]c1. The highest BCUT2D eigenvalue weighted by atomic mass is 15.1. The van der Waals surface area contributed by atoms with Crippen molar-refractivity contribution in [1.29, 1.82) is 0 Å². The van der Waals surface area contributed by atoms with Crippen LogP contribution in [0.15, 0.2) is 43.0 Å². The number of nitrogens with one attached hydrogen (secondary N) is 2. The van der Waals surface area contributed by atoms with Crippen LogP contribution in [0.2, 0.25) is 0 Å². The van der Waals surface area contributed by atoms with Crippen molar-refractivity contribution >= 4 is 5.69 Å². The maximum absolute atomic E-state index is 6.05. The van der Waals surface area contributed by atoms with Crippen molar-refractivity contribution in [2.75, 3.05) is 5.73 Å². The van der Waals surface area contributed by atoms with E-state index in [9.17, 15) is 0 Å². The number of benzene rings is 1. The molecule has 84 valence electrons. The molecule has 0 aliphatic carbocycles. The van der Waals surface area contributed by atoms with E-state index >= 15 is 0 Å². The second kappa shape index (κ2) is 3.79. The second-order valence-corrected chi connectivity index (χ2v) is 3.78. The Morgan fingerprint density at radius 3 is 2.18 bits per heavy atom. The Balaban J connectivity index is 2.06. The van der Waals surface area contributed by atoms with Crippen LogP contribution in [-0.4, -0.2) is 20.4 Å². The first kappa shape index (κ1) is 9.65. The minimum absolute atomic E-state index is 0.727. The number of nitrogen functional groups attached to an aromatic ring is 1. The van der Waals surface area contributed by atoms with Gasteiger partial charge in [0, 0.05) is 34.8 Å². The molecular formula is C12H11N5. The maximum atomic E-state index is 6.05. The Morgan fingerprint density at radius 1 is 0.882 bits per heavy atom. The molecule has 0 saturated carbocycles. The molecule has 3 aromatic rings. The second-order valence-electron chi connectivity index (χ2n) is 3.78. The summed E-state index contributed by atoms with van der Waals surface area (Å²) in [5.74, 6) is 0. The van der Waals surface area contributed by atoms with Gasteiger partial charge in [-0.15, -0.1) is 0 Å². The summed E-state index contributed by atoms with van der Waals surface area (Å²) < 4.78 is 0. The molecule has 0 aliphatic rings. The van der Waals surface area contributed by atoms with Crippen LogP contribution in [-0.2, 0) is 0 Å². The fourth-order valence-electron chi connectivity index (χ4n) is 1.81. The number of aromatic nitrogens is 4. The van der Waals surface area contributed by atoms with E-state index in [0.29, 0.717) is 0 Å². The number of hydrogen-bond acceptors (Lipinski definition) is 3. The number of nitrogens with two attached hydrogens (primary N) is 1. The first-order valence-electron chi connectivity index (χ1n) is 5.22. The van der Waals surface area contributed by atoms with Crippen LogP contribution in [0.25, 0.3) is 22.3 Å². The number of H-pyrrole nitrogens is 2. The molecule has 0 bridgehead atoms. The molecule has 17 heavy (non-hydrogen) atoms. The molecule has 0 unspecified atom stereocenters. The molecule has 2 heterocycles. The first-order valence-corrected chi connectivity index (χ1v) is 5.22. The highest BCUT2D eigenvalue weighted by molar-refractivity contribution is 5.80. The van der Waals surface area contributed by atoms with Crippen molar-refractivity contribution in [2.24, 2.45) is 0 Å². The van der Waals surface area contributed by atoms with Gasteiger partial charge in [0.2, 0.25) is 0 Å². The lowest BCUT2D eigenvalue weighted by atomic mass is 10.0. The summed E-state index contributed by atoms with van der Waals surface area (Å²) >= 11 is 0. The van der Waals surface area contributed by atoms with E-state index in [-0.39, 0.29) is 0 Å². The highest BCUT2D eigenvalue weighted by Crippen LogP contribution is 2.29. The standard InChI is InChI=1S/C12H11N5/c13-12-3-8(9-4-14-15-5-9)1-2-11(12)10-6-16-17-7-10/h1-7H,13H2,(H,14,15)(H,16,17). The lowest BCUT2D eigenvalue weighted by Crippen LogP contribution is -1.90. The molecule has 0 amide bonds. The summed E-state index contributed by atoms with van der Waals surface area (Å²) in [7, 11) is 0. The predicted octanol–water partition coefficient (Wildman–Crippen LogP) is 2.05. The van der Waals surface area contributed by atoms with Gasteiger partial charge in [-0.3, -0.25) is 10.2 Å². The maximum Gasteiger partial charge on any atom is 0.0566 e. The van der Waals surface area contributed by atoms with Crippen molar-refractivity contribution in [3.8, 4) is 22.3 Å². The van der Waals surface area contributed by atoms with Crippen LogP contribution in [0.5, 0.6) is 0 Å². The third-order valence-corrected chi connectivity index (χ3v) is 2.69. The molecule has 1 aromatic carbocycles. The Kier molecular flexibility index (Phi) is 2.15. The monoisotopic (exact) mass is 225 g/mol. The molecule has 4 N–H and O–H groups in total. The normalized spacial score (nSPS) is 10.6. The van der Waals surface area contributed by atoms with E-state index in [4.69, 9.17) is 5.73 Å². The van der Waals surface area contributed by atoms with Gasteiger partial charge in [0.25, 0.3) is 0 Å². The third kappa shape index (κ3) is 1.67. The average Bonchev–Trinajstić information content (AvgIpc) is 3.02. The average molecular weight is 225 g/mol. The third-order valence-electron chi connectivity index (χ3n) is 2.69. The molecule has 0 atom stereocenters.